The normalized spacial score (nSPS) is 31.9. The van der Waals surface area contributed by atoms with Gasteiger partial charge in [0.2, 0.25) is 0 Å². The van der Waals surface area contributed by atoms with Gasteiger partial charge in [-0.2, -0.15) is 0 Å². The van der Waals surface area contributed by atoms with Crippen LogP contribution in [0.5, 0.6) is 0 Å². The Kier molecular flexibility index (Phi) is 5.91. The van der Waals surface area contributed by atoms with E-state index in [1.807, 2.05) is 43.0 Å². The van der Waals surface area contributed by atoms with Crippen molar-refractivity contribution < 1.29 is 0 Å². The van der Waals surface area contributed by atoms with Gasteiger partial charge in [-0.25, -0.2) is 15.0 Å². The van der Waals surface area contributed by atoms with Crippen LogP contribution in [0.15, 0.2) is 115 Å². The van der Waals surface area contributed by atoms with E-state index in [0.29, 0.717) is 28.1 Å². The number of nitrogens with zero attached hydrogens (tertiary/aromatic N) is 3. The highest BCUT2D eigenvalue weighted by Crippen LogP contribution is 2.85. The van der Waals surface area contributed by atoms with E-state index in [4.69, 9.17) is 15.0 Å². The van der Waals surface area contributed by atoms with E-state index in [9.17, 15) is 0 Å². The summed E-state index contributed by atoms with van der Waals surface area (Å²) in [7, 11) is 0. The summed E-state index contributed by atoms with van der Waals surface area (Å²) in [5, 5.41) is 0.494. The van der Waals surface area contributed by atoms with Crippen molar-refractivity contribution in [3.8, 4) is 33.9 Å². The van der Waals surface area contributed by atoms with E-state index in [1.54, 1.807) is 11.1 Å². The highest BCUT2D eigenvalue weighted by molar-refractivity contribution is 8.00. The smallest absolute Gasteiger partial charge is 0.164 e. The number of thioether (sulfide) groups is 1. The summed E-state index contributed by atoms with van der Waals surface area (Å²) in [5.74, 6) is 5.47. The molecule has 2 heterocycles. The summed E-state index contributed by atoms with van der Waals surface area (Å²) in [6, 6.07) is 23.2. The van der Waals surface area contributed by atoms with Crippen molar-refractivity contribution in [2.24, 2.45) is 29.1 Å². The van der Waals surface area contributed by atoms with E-state index in [1.165, 1.54) is 59.3 Å². The van der Waals surface area contributed by atoms with Gasteiger partial charge in [-0.1, -0.05) is 91.6 Å². The molecule has 1 aromatic heterocycles. The molecular formula is C45H39N3S. The first-order valence-electron chi connectivity index (χ1n) is 18.2. The second-order valence-corrected chi connectivity index (χ2v) is 16.9. The Morgan fingerprint density at radius 1 is 0.816 bits per heavy atom. The highest BCUT2D eigenvalue weighted by atomic mass is 32.2. The lowest BCUT2D eigenvalue weighted by Gasteiger charge is -2.64. The fraction of sp³-hybridized carbons (Fsp3) is 0.311. The lowest BCUT2D eigenvalue weighted by atomic mass is 9.38. The van der Waals surface area contributed by atoms with Gasteiger partial charge in [-0.05, 0) is 126 Å². The van der Waals surface area contributed by atoms with Crippen LogP contribution in [0.4, 0.5) is 0 Å². The Balaban J connectivity index is 1.05. The van der Waals surface area contributed by atoms with Gasteiger partial charge < -0.3 is 0 Å². The SMILES string of the molecule is C=C(/C=C\C=C/C)c1nc(-c2ccc3c(c2)C2=CC=CCC2S3)nc(-c2ccc3c(c2)-c2ccccc2C32C3CC4CC5CC2C3(C4)C5)n1. The number of benzene rings is 3. The monoisotopic (exact) mass is 653 g/mol. The van der Waals surface area contributed by atoms with Gasteiger partial charge in [0, 0.05) is 32.3 Å². The molecule has 0 N–H and O–H groups in total. The number of hydrogen-bond donors (Lipinski definition) is 0. The molecule has 5 atom stereocenters. The number of fused-ring (bicyclic) bond motifs is 12. The minimum absolute atomic E-state index is 0.180. The molecule has 1 aliphatic heterocycles. The first kappa shape index (κ1) is 28.5. The van der Waals surface area contributed by atoms with Crippen molar-refractivity contribution in [3.05, 3.63) is 132 Å². The van der Waals surface area contributed by atoms with Crippen molar-refractivity contribution in [3.63, 3.8) is 0 Å². The third kappa shape index (κ3) is 3.74. The first-order valence-corrected chi connectivity index (χ1v) is 19.1. The fourth-order valence-electron chi connectivity index (χ4n) is 12.0. The zero-order valence-corrected chi connectivity index (χ0v) is 28.7. The van der Waals surface area contributed by atoms with E-state index in [2.05, 4.69) is 85.5 Å². The summed E-state index contributed by atoms with van der Waals surface area (Å²) in [6.45, 7) is 6.40. The van der Waals surface area contributed by atoms with Gasteiger partial charge in [-0.15, -0.1) is 11.8 Å². The van der Waals surface area contributed by atoms with Crippen LogP contribution >= 0.6 is 11.8 Å². The Bertz CT molecular complexity index is 2230. The van der Waals surface area contributed by atoms with Gasteiger partial charge in [0.25, 0.3) is 0 Å². The lowest BCUT2D eigenvalue weighted by Crippen LogP contribution is -2.62. The second kappa shape index (κ2) is 10.1. The topological polar surface area (TPSA) is 38.7 Å². The molecule has 240 valence electrons. The molecule has 3 nitrogen and oxygen atoms in total. The van der Waals surface area contributed by atoms with Gasteiger partial charge in [-0.3, -0.25) is 0 Å². The predicted molar refractivity (Wildman–Crippen MR) is 201 cm³/mol. The molecule has 6 aliphatic carbocycles. The predicted octanol–water partition coefficient (Wildman–Crippen LogP) is 10.9. The van der Waals surface area contributed by atoms with Crippen LogP contribution in [0.3, 0.4) is 0 Å². The molecule has 0 amide bonds. The third-order valence-corrected chi connectivity index (χ3v) is 14.8. The van der Waals surface area contributed by atoms with Crippen LogP contribution < -0.4 is 0 Å². The zero-order chi connectivity index (χ0) is 32.5. The van der Waals surface area contributed by atoms with E-state index in [0.717, 1.165) is 46.8 Å². The largest absolute Gasteiger partial charge is 0.208 e. The van der Waals surface area contributed by atoms with Crippen LogP contribution in [-0.2, 0) is 5.41 Å². The molecule has 3 bridgehead atoms. The Morgan fingerprint density at radius 2 is 1.55 bits per heavy atom. The summed E-state index contributed by atoms with van der Waals surface area (Å²) in [4.78, 5) is 16.7. The molecule has 4 saturated carbocycles. The van der Waals surface area contributed by atoms with Crippen molar-refractivity contribution in [2.75, 3.05) is 0 Å². The van der Waals surface area contributed by atoms with Gasteiger partial charge in [0.1, 0.15) is 0 Å². The molecule has 4 aromatic rings. The maximum absolute atomic E-state index is 5.21. The van der Waals surface area contributed by atoms with Crippen LogP contribution in [0.1, 0.15) is 68.0 Å². The van der Waals surface area contributed by atoms with Crippen molar-refractivity contribution in [1.29, 1.82) is 0 Å². The Labute approximate surface area is 293 Å². The highest BCUT2D eigenvalue weighted by Gasteiger charge is 2.79. The van der Waals surface area contributed by atoms with Crippen molar-refractivity contribution in [2.45, 2.75) is 61.0 Å². The number of hydrogen-bond acceptors (Lipinski definition) is 4. The van der Waals surface area contributed by atoms with Crippen LogP contribution in [0.25, 0.3) is 45.0 Å². The summed E-state index contributed by atoms with van der Waals surface area (Å²) < 4.78 is 0. The van der Waals surface area contributed by atoms with E-state index in [-0.39, 0.29) is 5.41 Å². The van der Waals surface area contributed by atoms with E-state index >= 15 is 0 Å². The van der Waals surface area contributed by atoms with Crippen LogP contribution in [-0.4, -0.2) is 20.2 Å². The minimum atomic E-state index is 0.180. The standard InChI is InChI=1S/C45H39N3S/c1-3-4-5-10-26(2)41-46-42(48-43(47-41)30-16-18-38-34(23-30)32-12-7-9-14-37(32)49-38)29-15-17-36-33(22-29)31-11-6-8-13-35(31)45(36)39-20-27-19-28-21-40(45)44(39,24-27)25-28/h3-13,15-18,22-23,27-28,37,39-40H,2,14,19-21,24-25H2,1H3/b4-3-,10-5-. The quantitative estimate of drug-likeness (QED) is 0.201. The molecule has 5 unspecified atom stereocenters. The van der Waals surface area contributed by atoms with Gasteiger partial charge in [0.05, 0.1) is 0 Å². The van der Waals surface area contributed by atoms with Crippen molar-refractivity contribution >= 4 is 22.9 Å². The lowest BCUT2D eigenvalue weighted by molar-refractivity contribution is -0.0820. The molecule has 2 spiro atoms. The number of aromatic nitrogens is 3. The summed E-state index contributed by atoms with van der Waals surface area (Å²) >= 11 is 1.97. The molecule has 0 saturated heterocycles. The van der Waals surface area contributed by atoms with E-state index < -0.39 is 0 Å². The maximum Gasteiger partial charge on any atom is 0.164 e. The third-order valence-electron chi connectivity index (χ3n) is 13.5. The molecular weight excluding hydrogens is 615 g/mol. The number of rotatable bonds is 5. The second-order valence-electron chi connectivity index (χ2n) is 15.7. The van der Waals surface area contributed by atoms with Gasteiger partial charge in [0.15, 0.2) is 17.5 Å². The molecule has 4 fully saturated rings. The van der Waals surface area contributed by atoms with Crippen LogP contribution in [0.2, 0.25) is 0 Å². The molecule has 7 aliphatic rings. The van der Waals surface area contributed by atoms with Gasteiger partial charge >= 0.3 is 0 Å². The van der Waals surface area contributed by atoms with Crippen LogP contribution in [0, 0.1) is 29.1 Å². The molecule has 11 rings (SSSR count). The average Bonchev–Trinajstić information content (AvgIpc) is 3.80. The maximum atomic E-state index is 5.21. The minimum Gasteiger partial charge on any atom is -0.208 e. The molecule has 3 aromatic carbocycles. The average molecular weight is 654 g/mol. The summed E-state index contributed by atoms with van der Waals surface area (Å²) in [6.07, 6.45) is 23.1. The number of allylic oxidation sites excluding steroid dienone is 8. The first-order chi connectivity index (χ1) is 24.1. The Morgan fingerprint density at radius 3 is 2.35 bits per heavy atom. The van der Waals surface area contributed by atoms with Crippen molar-refractivity contribution in [1.82, 2.24) is 15.0 Å². The summed E-state index contributed by atoms with van der Waals surface area (Å²) in [5.41, 5.74) is 12.3. The Hall–Kier alpha value is -4.28. The molecule has 4 heteroatoms. The fourth-order valence-corrected chi connectivity index (χ4v) is 13.3. The molecule has 0 radical (unpaired) electrons. The zero-order valence-electron chi connectivity index (χ0n) is 27.9. The molecule has 49 heavy (non-hydrogen) atoms.